The van der Waals surface area contributed by atoms with E-state index in [4.69, 9.17) is 58.6 Å². The Labute approximate surface area is 311 Å². The van der Waals surface area contributed by atoms with Gasteiger partial charge in [-0.1, -0.05) is 108 Å². The van der Waals surface area contributed by atoms with Gasteiger partial charge < -0.3 is 4.42 Å². The highest BCUT2D eigenvalue weighted by molar-refractivity contribution is 6.68. The predicted molar refractivity (Wildman–Crippen MR) is 222 cm³/mol. The standard InChI is InChI=1S/C43H21B5N4O/c44-35-34(36(45)38(47)39(48)37(35)46)42-49-41(50-43(51-42)52-30-16-5-3-11-26(30)27-12-4-6-17-31(27)52)29-15-7-14-28-33-25(13-8-18-32(33)53-40(28)29)24-20-19-22-9-1-2-10-23(22)21-24/h1-21H. The number of furan rings is 1. The third kappa shape index (κ3) is 4.75. The molecule has 0 aliphatic rings. The number of nitrogens with zero attached hydrogens (tertiary/aromatic N) is 4. The van der Waals surface area contributed by atoms with Crippen molar-refractivity contribution in [3.8, 4) is 39.9 Å². The largest absolute Gasteiger partial charge is 0.455 e. The van der Waals surface area contributed by atoms with Gasteiger partial charge in [-0.25, -0.2) is 4.98 Å². The topological polar surface area (TPSA) is 56.7 Å². The van der Waals surface area contributed by atoms with E-state index in [2.05, 4.69) is 60.7 Å². The fraction of sp³-hybridized carbons (Fsp3) is 0. The van der Waals surface area contributed by atoms with Crippen molar-refractivity contribution < 1.29 is 4.42 Å². The SMILES string of the molecule is [B]c1c([B])c([B])c(-c2nc(-c3cccc4c3oc3cccc(-c5ccc6ccccc6c5)c34)nc(-n3c4ccccc4c4ccccc43)n2)c([B])c1[B]. The Hall–Kier alpha value is -6.27. The first kappa shape index (κ1) is 31.5. The van der Waals surface area contributed by atoms with E-state index in [1.54, 1.807) is 0 Å². The molecule has 0 bridgehead atoms. The molecular formula is C43H21B5N4O. The molecule has 10 aromatic rings. The average molecular weight is 664 g/mol. The van der Waals surface area contributed by atoms with Crippen LogP contribution in [-0.4, -0.2) is 58.8 Å². The molecule has 10 rings (SSSR count). The summed E-state index contributed by atoms with van der Waals surface area (Å²) in [5.74, 6) is 0.877. The third-order valence-corrected chi connectivity index (χ3v) is 10.2. The van der Waals surface area contributed by atoms with Crippen molar-refractivity contribution in [2.24, 2.45) is 0 Å². The van der Waals surface area contributed by atoms with Gasteiger partial charge in [0, 0.05) is 27.1 Å². The third-order valence-electron chi connectivity index (χ3n) is 10.2. The molecule has 0 atom stereocenters. The molecule has 0 fully saturated rings. The van der Waals surface area contributed by atoms with Gasteiger partial charge in [-0.05, 0) is 52.2 Å². The van der Waals surface area contributed by atoms with Crippen LogP contribution in [0.3, 0.4) is 0 Å². The molecule has 5 nitrogen and oxygen atoms in total. The number of para-hydroxylation sites is 3. The van der Waals surface area contributed by atoms with Crippen molar-refractivity contribution in [2.45, 2.75) is 0 Å². The lowest BCUT2D eigenvalue weighted by Crippen LogP contribution is -2.55. The van der Waals surface area contributed by atoms with E-state index in [-0.39, 0.29) is 38.7 Å². The molecule has 10 radical (unpaired) electrons. The highest BCUT2D eigenvalue weighted by atomic mass is 16.3. The molecule has 0 N–H and O–H groups in total. The van der Waals surface area contributed by atoms with E-state index >= 15 is 0 Å². The molecular weight excluding hydrogens is 643 g/mol. The summed E-state index contributed by atoms with van der Waals surface area (Å²) in [6.45, 7) is 0. The zero-order chi connectivity index (χ0) is 36.0. The zero-order valence-corrected chi connectivity index (χ0v) is 28.2. The van der Waals surface area contributed by atoms with E-state index in [0.717, 1.165) is 54.7 Å². The number of aromatic nitrogens is 4. The van der Waals surface area contributed by atoms with Crippen LogP contribution in [0.15, 0.2) is 132 Å². The van der Waals surface area contributed by atoms with Crippen LogP contribution in [0.4, 0.5) is 0 Å². The van der Waals surface area contributed by atoms with Gasteiger partial charge >= 0.3 is 0 Å². The minimum Gasteiger partial charge on any atom is -0.455 e. The number of rotatable bonds is 4. The fourth-order valence-electron chi connectivity index (χ4n) is 7.55. The molecule has 0 amide bonds. The molecule has 234 valence electrons. The van der Waals surface area contributed by atoms with Crippen molar-refractivity contribution in [1.82, 2.24) is 19.5 Å². The Morgan fingerprint density at radius 3 is 1.79 bits per heavy atom. The smallest absolute Gasteiger partial charge is 0.238 e. The second-order valence-electron chi connectivity index (χ2n) is 13.1. The van der Waals surface area contributed by atoms with E-state index < -0.39 is 0 Å². The summed E-state index contributed by atoms with van der Waals surface area (Å²) in [4.78, 5) is 15.2. The molecule has 0 unspecified atom stereocenters. The van der Waals surface area contributed by atoms with Crippen molar-refractivity contribution in [3.05, 3.63) is 127 Å². The van der Waals surface area contributed by atoms with Crippen LogP contribution in [0.2, 0.25) is 0 Å². The first-order chi connectivity index (χ1) is 25.9. The van der Waals surface area contributed by atoms with E-state index in [1.165, 1.54) is 5.39 Å². The summed E-state index contributed by atoms with van der Waals surface area (Å²) < 4.78 is 8.70. The van der Waals surface area contributed by atoms with Gasteiger partial charge in [0.05, 0.1) is 16.6 Å². The minimum atomic E-state index is 0.104. The van der Waals surface area contributed by atoms with Crippen molar-refractivity contribution >= 4 is 121 Å². The lowest BCUT2D eigenvalue weighted by Gasteiger charge is -2.21. The maximum absolute atomic E-state index is 6.69. The number of fused-ring (bicyclic) bond motifs is 7. The lowest BCUT2D eigenvalue weighted by molar-refractivity contribution is 0.669. The summed E-state index contributed by atoms with van der Waals surface area (Å²) in [5.41, 5.74) is 6.83. The first-order valence-corrected chi connectivity index (χ1v) is 17.1. The van der Waals surface area contributed by atoms with E-state index in [9.17, 15) is 0 Å². The van der Waals surface area contributed by atoms with Gasteiger partial charge in [0.15, 0.2) is 11.6 Å². The predicted octanol–water partition coefficient (Wildman–Crippen LogP) is 4.99. The summed E-state index contributed by atoms with van der Waals surface area (Å²) in [6.07, 6.45) is 0. The average Bonchev–Trinajstić information content (AvgIpc) is 3.75. The summed E-state index contributed by atoms with van der Waals surface area (Å²) in [7, 11) is 32.1. The van der Waals surface area contributed by atoms with Crippen LogP contribution < -0.4 is 27.3 Å². The maximum atomic E-state index is 6.69. The Morgan fingerprint density at radius 2 is 1.06 bits per heavy atom. The van der Waals surface area contributed by atoms with Crippen molar-refractivity contribution in [1.29, 1.82) is 0 Å². The molecule has 0 aliphatic heterocycles. The first-order valence-electron chi connectivity index (χ1n) is 17.1. The molecule has 0 aliphatic carbocycles. The fourth-order valence-corrected chi connectivity index (χ4v) is 7.55. The van der Waals surface area contributed by atoms with Crippen LogP contribution in [0.25, 0.3) is 94.4 Å². The molecule has 10 heteroatoms. The molecule has 0 saturated heterocycles. The monoisotopic (exact) mass is 664 g/mol. The van der Waals surface area contributed by atoms with Crippen LogP contribution in [0.1, 0.15) is 0 Å². The molecule has 53 heavy (non-hydrogen) atoms. The Morgan fingerprint density at radius 1 is 0.472 bits per heavy atom. The minimum absolute atomic E-state index is 0.104. The second-order valence-corrected chi connectivity index (χ2v) is 13.1. The number of hydrogen-bond acceptors (Lipinski definition) is 4. The van der Waals surface area contributed by atoms with Crippen molar-refractivity contribution in [2.75, 3.05) is 0 Å². The van der Waals surface area contributed by atoms with Crippen LogP contribution >= 0.6 is 0 Å². The normalized spacial score (nSPS) is 11.8. The molecule has 3 aromatic heterocycles. The van der Waals surface area contributed by atoms with Gasteiger partial charge in [0.1, 0.15) is 50.4 Å². The Balaban J connectivity index is 1.27. The van der Waals surface area contributed by atoms with Crippen LogP contribution in [-0.2, 0) is 0 Å². The lowest BCUT2D eigenvalue weighted by atomic mass is 9.60. The molecule has 3 heterocycles. The Kier molecular flexibility index (Phi) is 7.06. The highest BCUT2D eigenvalue weighted by Gasteiger charge is 2.23. The maximum Gasteiger partial charge on any atom is 0.238 e. The van der Waals surface area contributed by atoms with Gasteiger partial charge in [0.25, 0.3) is 0 Å². The molecule has 0 saturated carbocycles. The Bertz CT molecular complexity index is 3070. The summed E-state index contributed by atoms with van der Waals surface area (Å²) in [6, 6.07) is 43.2. The summed E-state index contributed by atoms with van der Waals surface area (Å²) >= 11 is 0. The number of hydrogen-bond donors (Lipinski definition) is 0. The van der Waals surface area contributed by atoms with Gasteiger partial charge in [-0.15, -0.1) is 16.4 Å². The number of benzene rings is 7. The zero-order valence-electron chi connectivity index (χ0n) is 28.2. The van der Waals surface area contributed by atoms with Crippen molar-refractivity contribution in [3.63, 3.8) is 0 Å². The molecule has 7 aromatic carbocycles. The van der Waals surface area contributed by atoms with Gasteiger partial charge in [-0.3, -0.25) is 4.57 Å². The van der Waals surface area contributed by atoms with Gasteiger partial charge in [-0.2, -0.15) is 9.97 Å². The summed E-state index contributed by atoms with van der Waals surface area (Å²) in [5, 5.41) is 6.34. The van der Waals surface area contributed by atoms with Gasteiger partial charge in [0.2, 0.25) is 5.95 Å². The van der Waals surface area contributed by atoms with E-state index in [0.29, 0.717) is 22.9 Å². The molecule has 0 spiro atoms. The quantitative estimate of drug-likeness (QED) is 0.249. The van der Waals surface area contributed by atoms with Crippen LogP contribution in [0.5, 0.6) is 0 Å². The second kappa shape index (κ2) is 11.9. The highest BCUT2D eigenvalue weighted by Crippen LogP contribution is 2.41. The van der Waals surface area contributed by atoms with E-state index in [1.807, 2.05) is 71.3 Å². The van der Waals surface area contributed by atoms with Crippen LogP contribution in [0, 0.1) is 0 Å².